The molecular weight excluding hydrogens is 461 g/mol. The highest BCUT2D eigenvalue weighted by Crippen LogP contribution is 2.45. The van der Waals surface area contributed by atoms with Crippen LogP contribution in [-0.4, -0.2) is 28.5 Å². The van der Waals surface area contributed by atoms with Gasteiger partial charge in [-0.15, -0.1) is 0 Å². The van der Waals surface area contributed by atoms with E-state index in [4.69, 9.17) is 16.3 Å². The molecule has 0 radical (unpaired) electrons. The first kappa shape index (κ1) is 23.3. The number of hydrogen-bond acceptors (Lipinski definition) is 5. The first-order valence-electron chi connectivity index (χ1n) is 10.5. The Labute approximate surface area is 200 Å². The molecule has 1 amide bonds. The first-order chi connectivity index (χ1) is 16.2. The number of phenols is 1. The fourth-order valence-electron chi connectivity index (χ4n) is 3.99. The van der Waals surface area contributed by atoms with Crippen LogP contribution in [-0.2, 0) is 9.59 Å². The molecule has 4 rings (SSSR count). The summed E-state index contributed by atoms with van der Waals surface area (Å²) in [5, 5.41) is 21.7. The van der Waals surface area contributed by atoms with E-state index in [1.54, 1.807) is 38.1 Å². The van der Waals surface area contributed by atoms with Gasteiger partial charge in [0.25, 0.3) is 11.7 Å². The SMILES string of the molecule is CCOc1cc(C2/C(=C(\O)c3ccc(F)cc3)C(=O)C(=O)N2c2cccc(Cl)c2C)ccc1O. The molecule has 1 heterocycles. The molecule has 34 heavy (non-hydrogen) atoms. The van der Waals surface area contributed by atoms with Gasteiger partial charge in [-0.05, 0) is 73.5 Å². The Morgan fingerprint density at radius 3 is 2.50 bits per heavy atom. The quantitative estimate of drug-likeness (QED) is 0.285. The smallest absolute Gasteiger partial charge is 0.300 e. The summed E-state index contributed by atoms with van der Waals surface area (Å²) in [5.41, 5.74) is 1.38. The number of phenolic OH excluding ortho intramolecular Hbond substituents is 1. The highest BCUT2D eigenvalue weighted by molar-refractivity contribution is 6.52. The third kappa shape index (κ3) is 3.99. The number of rotatable bonds is 5. The largest absolute Gasteiger partial charge is 0.507 e. The average molecular weight is 482 g/mol. The van der Waals surface area contributed by atoms with Crippen molar-refractivity contribution < 1.29 is 28.9 Å². The summed E-state index contributed by atoms with van der Waals surface area (Å²) in [5.74, 6) is -2.67. The van der Waals surface area contributed by atoms with Crippen molar-refractivity contribution in [1.29, 1.82) is 0 Å². The highest BCUT2D eigenvalue weighted by atomic mass is 35.5. The minimum Gasteiger partial charge on any atom is -0.507 e. The van der Waals surface area contributed by atoms with Crippen LogP contribution in [0.3, 0.4) is 0 Å². The first-order valence-corrected chi connectivity index (χ1v) is 10.9. The molecule has 3 aromatic carbocycles. The van der Waals surface area contributed by atoms with Gasteiger partial charge in [-0.25, -0.2) is 4.39 Å². The molecule has 0 spiro atoms. The van der Waals surface area contributed by atoms with Crippen molar-refractivity contribution in [2.24, 2.45) is 0 Å². The lowest BCUT2D eigenvalue weighted by atomic mass is 9.94. The molecule has 1 fully saturated rings. The third-order valence-corrected chi connectivity index (χ3v) is 6.07. The summed E-state index contributed by atoms with van der Waals surface area (Å²) in [6.07, 6.45) is 0. The number of aliphatic hydroxyl groups excluding tert-OH is 1. The Morgan fingerprint density at radius 1 is 1.12 bits per heavy atom. The second-order valence-electron chi connectivity index (χ2n) is 7.72. The van der Waals surface area contributed by atoms with Crippen LogP contribution in [0.15, 0.2) is 66.2 Å². The predicted molar refractivity (Wildman–Crippen MR) is 127 cm³/mol. The fraction of sp³-hybridized carbons (Fsp3) is 0.154. The maximum Gasteiger partial charge on any atom is 0.300 e. The lowest BCUT2D eigenvalue weighted by Gasteiger charge is -2.27. The van der Waals surface area contributed by atoms with Crippen LogP contribution >= 0.6 is 11.6 Å². The molecule has 2 N–H and O–H groups in total. The standard InChI is InChI=1S/C26H21ClFNO5/c1-3-34-21-13-16(9-12-20(21)30)23-22(24(31)15-7-10-17(28)11-8-15)25(32)26(33)29(23)19-6-4-5-18(27)14(19)2/h4-13,23,30-31H,3H2,1-2H3/b24-22+. The van der Waals surface area contributed by atoms with Crippen LogP contribution in [0.25, 0.3) is 5.76 Å². The van der Waals surface area contributed by atoms with Crippen molar-refractivity contribution in [3.05, 3.63) is 93.8 Å². The lowest BCUT2D eigenvalue weighted by molar-refractivity contribution is -0.132. The van der Waals surface area contributed by atoms with Gasteiger partial charge < -0.3 is 14.9 Å². The number of hydrogen-bond donors (Lipinski definition) is 2. The van der Waals surface area contributed by atoms with Crippen molar-refractivity contribution >= 4 is 34.7 Å². The zero-order valence-electron chi connectivity index (χ0n) is 18.4. The minimum absolute atomic E-state index is 0.111. The van der Waals surface area contributed by atoms with E-state index in [0.717, 1.165) is 12.1 Å². The number of ketones is 1. The topological polar surface area (TPSA) is 87.1 Å². The number of anilines is 1. The molecule has 6 nitrogen and oxygen atoms in total. The van der Waals surface area contributed by atoms with Gasteiger partial charge in [-0.2, -0.15) is 0 Å². The van der Waals surface area contributed by atoms with Gasteiger partial charge >= 0.3 is 0 Å². The van der Waals surface area contributed by atoms with E-state index >= 15 is 0 Å². The lowest BCUT2D eigenvalue weighted by Crippen LogP contribution is -2.30. The molecule has 1 aliphatic heterocycles. The van der Waals surface area contributed by atoms with Crippen LogP contribution < -0.4 is 9.64 Å². The van der Waals surface area contributed by atoms with Crippen molar-refractivity contribution in [2.45, 2.75) is 19.9 Å². The number of nitrogens with zero attached hydrogens (tertiary/aromatic N) is 1. The Morgan fingerprint density at radius 2 is 1.82 bits per heavy atom. The summed E-state index contributed by atoms with van der Waals surface area (Å²) in [6.45, 7) is 3.75. The molecule has 0 aliphatic carbocycles. The van der Waals surface area contributed by atoms with Crippen LogP contribution in [0.4, 0.5) is 10.1 Å². The van der Waals surface area contributed by atoms with Gasteiger partial charge in [-0.1, -0.05) is 23.7 Å². The van der Waals surface area contributed by atoms with Crippen LogP contribution in [0, 0.1) is 12.7 Å². The molecule has 0 bridgehead atoms. The minimum atomic E-state index is -1.05. The van der Waals surface area contributed by atoms with Crippen LogP contribution in [0.2, 0.25) is 5.02 Å². The highest BCUT2D eigenvalue weighted by Gasteiger charge is 2.47. The molecule has 3 aromatic rings. The van der Waals surface area contributed by atoms with E-state index < -0.39 is 29.3 Å². The van der Waals surface area contributed by atoms with Crippen molar-refractivity contribution in [3.63, 3.8) is 0 Å². The van der Waals surface area contributed by atoms with E-state index in [0.29, 0.717) is 21.8 Å². The molecular formula is C26H21ClFNO5. The summed E-state index contributed by atoms with van der Waals surface area (Å²) in [6, 6.07) is 13.3. The molecule has 1 aliphatic rings. The number of aliphatic hydroxyl groups is 1. The van der Waals surface area contributed by atoms with Crippen molar-refractivity contribution in [1.82, 2.24) is 0 Å². The van der Waals surface area contributed by atoms with E-state index in [2.05, 4.69) is 0 Å². The number of carbonyl (C=O) groups is 2. The van der Waals surface area contributed by atoms with E-state index in [-0.39, 0.29) is 29.2 Å². The van der Waals surface area contributed by atoms with Gasteiger partial charge in [0, 0.05) is 16.3 Å². The molecule has 0 aromatic heterocycles. The molecule has 1 saturated heterocycles. The Kier molecular flexibility index (Phi) is 6.30. The second kappa shape index (κ2) is 9.19. The van der Waals surface area contributed by atoms with Gasteiger partial charge in [-0.3, -0.25) is 14.5 Å². The summed E-state index contributed by atoms with van der Waals surface area (Å²) in [4.78, 5) is 27.8. The van der Waals surface area contributed by atoms with Gasteiger partial charge in [0.1, 0.15) is 11.6 Å². The normalized spacial score (nSPS) is 17.3. The zero-order chi connectivity index (χ0) is 24.6. The number of Topliss-reactive ketones (excluding diaryl/α,β-unsaturated/α-hetero) is 1. The Bertz CT molecular complexity index is 1320. The number of aromatic hydroxyl groups is 1. The second-order valence-corrected chi connectivity index (χ2v) is 8.13. The number of ether oxygens (including phenoxy) is 1. The molecule has 1 atom stereocenters. The van der Waals surface area contributed by atoms with Crippen molar-refractivity contribution in [2.75, 3.05) is 11.5 Å². The number of halogens is 2. The maximum atomic E-state index is 13.5. The average Bonchev–Trinajstić information content (AvgIpc) is 3.08. The summed E-state index contributed by atoms with van der Waals surface area (Å²) in [7, 11) is 0. The van der Waals surface area contributed by atoms with E-state index in [9.17, 15) is 24.2 Å². The van der Waals surface area contributed by atoms with Gasteiger partial charge in [0.05, 0.1) is 18.2 Å². The monoisotopic (exact) mass is 481 g/mol. The number of benzene rings is 3. The van der Waals surface area contributed by atoms with Crippen molar-refractivity contribution in [3.8, 4) is 11.5 Å². The predicted octanol–water partition coefficient (Wildman–Crippen LogP) is 5.52. The number of amides is 1. The fourth-order valence-corrected chi connectivity index (χ4v) is 4.16. The summed E-state index contributed by atoms with van der Waals surface area (Å²) < 4.78 is 18.9. The van der Waals surface area contributed by atoms with Gasteiger partial charge in [0.15, 0.2) is 11.5 Å². The third-order valence-electron chi connectivity index (χ3n) is 5.66. The van der Waals surface area contributed by atoms with E-state index in [1.165, 1.54) is 29.2 Å². The maximum absolute atomic E-state index is 13.5. The number of carbonyl (C=O) groups excluding carboxylic acids is 2. The molecule has 8 heteroatoms. The molecule has 0 saturated carbocycles. The van der Waals surface area contributed by atoms with E-state index in [1.807, 2.05) is 0 Å². The van der Waals surface area contributed by atoms with Gasteiger partial charge in [0.2, 0.25) is 0 Å². The van der Waals surface area contributed by atoms with Crippen LogP contribution in [0.5, 0.6) is 11.5 Å². The zero-order valence-corrected chi connectivity index (χ0v) is 19.1. The molecule has 174 valence electrons. The Balaban J connectivity index is 1.99. The van der Waals surface area contributed by atoms with Crippen LogP contribution in [0.1, 0.15) is 29.7 Å². The Hall–Kier alpha value is -3.84. The summed E-state index contributed by atoms with van der Waals surface area (Å²) >= 11 is 6.29. The molecule has 1 unspecified atom stereocenters.